The molecule has 0 radical (unpaired) electrons. The molecule has 1 saturated heterocycles. The van der Waals surface area contributed by atoms with Crippen LogP contribution in [0.25, 0.3) is 0 Å². The van der Waals surface area contributed by atoms with Crippen LogP contribution in [0.4, 0.5) is 0 Å². The van der Waals surface area contributed by atoms with Gasteiger partial charge in [-0.25, -0.2) is 5.84 Å². The molecule has 6 nitrogen and oxygen atoms in total. The van der Waals surface area contributed by atoms with Crippen LogP contribution in [0.2, 0.25) is 0 Å². The van der Waals surface area contributed by atoms with Crippen molar-refractivity contribution >= 4 is 5.91 Å². The zero-order valence-corrected chi connectivity index (χ0v) is 13.1. The number of hydrazine groups is 1. The number of ether oxygens (including phenoxy) is 2. The standard InChI is InChI=1S/C16H25N3O3/c1-21-9-10-22-15-6-4-13(5-7-15)11-19-8-2-3-14(12-19)16(20)18-17/h4-7,14H,2-3,8-12,17H2,1H3,(H,18,20). The van der Waals surface area contributed by atoms with E-state index in [1.54, 1.807) is 7.11 Å². The topological polar surface area (TPSA) is 76.8 Å². The number of nitrogens with two attached hydrogens (primary N) is 1. The van der Waals surface area contributed by atoms with Gasteiger partial charge in [0.2, 0.25) is 5.91 Å². The highest BCUT2D eigenvalue weighted by Crippen LogP contribution is 2.20. The molecule has 1 heterocycles. The third-order valence-corrected chi connectivity index (χ3v) is 3.90. The molecular formula is C16H25N3O3. The van der Waals surface area contributed by atoms with Gasteiger partial charge in [-0.15, -0.1) is 0 Å². The highest BCUT2D eigenvalue weighted by atomic mass is 16.5. The van der Waals surface area contributed by atoms with Crippen LogP contribution in [0.5, 0.6) is 5.75 Å². The normalized spacial score (nSPS) is 18.9. The summed E-state index contributed by atoms with van der Waals surface area (Å²) in [6, 6.07) is 8.07. The van der Waals surface area contributed by atoms with Crippen molar-refractivity contribution in [1.82, 2.24) is 10.3 Å². The van der Waals surface area contributed by atoms with Crippen molar-refractivity contribution in [3.8, 4) is 5.75 Å². The van der Waals surface area contributed by atoms with Crippen molar-refractivity contribution in [2.75, 3.05) is 33.4 Å². The lowest BCUT2D eigenvalue weighted by atomic mass is 9.97. The fraction of sp³-hybridized carbons (Fsp3) is 0.562. The van der Waals surface area contributed by atoms with Crippen molar-refractivity contribution in [3.05, 3.63) is 29.8 Å². The number of benzene rings is 1. The molecule has 1 aliphatic heterocycles. The quantitative estimate of drug-likeness (QED) is 0.339. The van der Waals surface area contributed by atoms with Crippen LogP contribution in [-0.4, -0.2) is 44.2 Å². The van der Waals surface area contributed by atoms with Gasteiger partial charge in [0.1, 0.15) is 12.4 Å². The van der Waals surface area contributed by atoms with Crippen LogP contribution in [0.15, 0.2) is 24.3 Å². The van der Waals surface area contributed by atoms with Crippen LogP contribution < -0.4 is 16.0 Å². The van der Waals surface area contributed by atoms with Gasteiger partial charge in [-0.2, -0.15) is 0 Å². The maximum atomic E-state index is 11.6. The third-order valence-electron chi connectivity index (χ3n) is 3.90. The Hall–Kier alpha value is -1.63. The SMILES string of the molecule is COCCOc1ccc(CN2CCCC(C(=O)NN)C2)cc1. The van der Waals surface area contributed by atoms with Crippen molar-refractivity contribution in [1.29, 1.82) is 0 Å². The number of hydrogen-bond acceptors (Lipinski definition) is 5. The van der Waals surface area contributed by atoms with E-state index in [0.717, 1.165) is 38.2 Å². The molecule has 0 aromatic heterocycles. The fourth-order valence-corrected chi connectivity index (χ4v) is 2.72. The van der Waals surface area contributed by atoms with Crippen molar-refractivity contribution < 1.29 is 14.3 Å². The molecule has 1 fully saturated rings. The predicted octanol–water partition coefficient (Wildman–Crippen LogP) is 0.914. The fourth-order valence-electron chi connectivity index (χ4n) is 2.72. The molecule has 1 aliphatic rings. The maximum absolute atomic E-state index is 11.6. The molecular weight excluding hydrogens is 282 g/mol. The lowest BCUT2D eigenvalue weighted by molar-refractivity contribution is -0.126. The van der Waals surface area contributed by atoms with Gasteiger partial charge in [0, 0.05) is 20.2 Å². The van der Waals surface area contributed by atoms with Gasteiger partial charge in [-0.05, 0) is 37.1 Å². The first-order chi connectivity index (χ1) is 10.7. The summed E-state index contributed by atoms with van der Waals surface area (Å²) in [5.41, 5.74) is 3.47. The first kappa shape index (κ1) is 16.7. The second-order valence-corrected chi connectivity index (χ2v) is 5.57. The minimum absolute atomic E-state index is 0.00426. The number of rotatable bonds is 7. The molecule has 1 atom stereocenters. The minimum atomic E-state index is -0.0633. The first-order valence-corrected chi connectivity index (χ1v) is 7.66. The maximum Gasteiger partial charge on any atom is 0.238 e. The van der Waals surface area contributed by atoms with Gasteiger partial charge < -0.3 is 9.47 Å². The number of nitrogens with zero attached hydrogens (tertiary/aromatic N) is 1. The summed E-state index contributed by atoms with van der Waals surface area (Å²) in [4.78, 5) is 13.9. The van der Waals surface area contributed by atoms with Gasteiger partial charge in [0.25, 0.3) is 0 Å². The lowest BCUT2D eigenvalue weighted by Gasteiger charge is -2.31. The van der Waals surface area contributed by atoms with Crippen molar-refractivity contribution in [2.45, 2.75) is 19.4 Å². The summed E-state index contributed by atoms with van der Waals surface area (Å²) in [6.45, 7) is 3.75. The number of carbonyl (C=O) groups excluding carboxylic acids is 1. The van der Waals surface area contributed by atoms with E-state index >= 15 is 0 Å². The average molecular weight is 307 g/mol. The van der Waals surface area contributed by atoms with Crippen LogP contribution in [0.1, 0.15) is 18.4 Å². The van der Waals surface area contributed by atoms with Crippen LogP contribution >= 0.6 is 0 Å². The molecule has 2 rings (SSSR count). The highest BCUT2D eigenvalue weighted by molar-refractivity contribution is 5.78. The van der Waals surface area contributed by atoms with Crippen LogP contribution in [0.3, 0.4) is 0 Å². The molecule has 0 aliphatic carbocycles. The summed E-state index contributed by atoms with van der Waals surface area (Å²) in [5, 5.41) is 0. The first-order valence-electron chi connectivity index (χ1n) is 7.66. The molecule has 6 heteroatoms. The van der Waals surface area contributed by atoms with E-state index in [-0.39, 0.29) is 11.8 Å². The van der Waals surface area contributed by atoms with E-state index in [1.807, 2.05) is 12.1 Å². The zero-order chi connectivity index (χ0) is 15.8. The molecule has 22 heavy (non-hydrogen) atoms. The number of piperidine rings is 1. The summed E-state index contributed by atoms with van der Waals surface area (Å²) in [5.74, 6) is 6.01. The summed E-state index contributed by atoms with van der Waals surface area (Å²) in [7, 11) is 1.66. The van der Waals surface area contributed by atoms with Gasteiger partial charge in [0.15, 0.2) is 0 Å². The van der Waals surface area contributed by atoms with Crippen LogP contribution in [0, 0.1) is 5.92 Å². The van der Waals surface area contributed by atoms with Gasteiger partial charge in [0.05, 0.1) is 12.5 Å². The van der Waals surface area contributed by atoms with E-state index in [2.05, 4.69) is 22.5 Å². The van der Waals surface area contributed by atoms with E-state index in [9.17, 15) is 4.79 Å². The van der Waals surface area contributed by atoms with Gasteiger partial charge in [-0.1, -0.05) is 12.1 Å². The summed E-state index contributed by atoms with van der Waals surface area (Å²) >= 11 is 0. The molecule has 0 saturated carbocycles. The Morgan fingerprint density at radius 3 is 2.82 bits per heavy atom. The predicted molar refractivity (Wildman–Crippen MR) is 84.1 cm³/mol. The zero-order valence-electron chi connectivity index (χ0n) is 13.1. The molecule has 0 spiro atoms. The molecule has 3 N–H and O–H groups in total. The van der Waals surface area contributed by atoms with Gasteiger partial charge in [-0.3, -0.25) is 15.1 Å². The number of likely N-dealkylation sites (tertiary alicyclic amines) is 1. The summed E-state index contributed by atoms with van der Waals surface area (Å²) < 4.78 is 10.5. The Labute approximate surface area is 131 Å². The van der Waals surface area contributed by atoms with E-state index in [0.29, 0.717) is 13.2 Å². The largest absolute Gasteiger partial charge is 0.491 e. The van der Waals surface area contributed by atoms with Gasteiger partial charge >= 0.3 is 0 Å². The monoisotopic (exact) mass is 307 g/mol. The number of hydrogen-bond donors (Lipinski definition) is 2. The second kappa shape index (κ2) is 8.73. The average Bonchev–Trinajstić information content (AvgIpc) is 2.56. The molecule has 1 amide bonds. The molecule has 1 aromatic carbocycles. The van der Waals surface area contributed by atoms with E-state index < -0.39 is 0 Å². The molecule has 1 unspecified atom stereocenters. The van der Waals surface area contributed by atoms with Crippen molar-refractivity contribution in [3.63, 3.8) is 0 Å². The number of amides is 1. The summed E-state index contributed by atoms with van der Waals surface area (Å²) in [6.07, 6.45) is 1.93. The number of methoxy groups -OCH3 is 1. The van der Waals surface area contributed by atoms with Crippen molar-refractivity contribution in [2.24, 2.45) is 11.8 Å². The Balaban J connectivity index is 1.83. The second-order valence-electron chi connectivity index (χ2n) is 5.57. The molecule has 122 valence electrons. The number of carbonyl (C=O) groups is 1. The van der Waals surface area contributed by atoms with E-state index in [4.69, 9.17) is 15.3 Å². The minimum Gasteiger partial charge on any atom is -0.491 e. The molecule has 0 bridgehead atoms. The number of nitrogens with one attached hydrogen (secondary N) is 1. The smallest absolute Gasteiger partial charge is 0.238 e. The highest BCUT2D eigenvalue weighted by Gasteiger charge is 2.25. The Morgan fingerprint density at radius 1 is 1.36 bits per heavy atom. The van der Waals surface area contributed by atoms with Crippen LogP contribution in [-0.2, 0) is 16.1 Å². The Morgan fingerprint density at radius 2 is 2.14 bits per heavy atom. The lowest BCUT2D eigenvalue weighted by Crippen LogP contribution is -2.44. The third kappa shape index (κ3) is 4.98. The van der Waals surface area contributed by atoms with E-state index in [1.165, 1.54) is 5.56 Å². The Kier molecular flexibility index (Phi) is 6.64. The Bertz CT molecular complexity index is 464. The molecule has 1 aromatic rings.